The molecular weight excluding hydrogens is 214 g/mol. The van der Waals surface area contributed by atoms with Gasteiger partial charge in [0.15, 0.2) is 0 Å². The van der Waals surface area contributed by atoms with Crippen molar-refractivity contribution in [3.05, 3.63) is 29.1 Å². The van der Waals surface area contributed by atoms with E-state index < -0.39 is 5.97 Å². The molecule has 0 saturated carbocycles. The second-order valence-electron chi connectivity index (χ2n) is 3.70. The number of nitrogens with zero attached hydrogens (tertiary/aromatic N) is 1. The van der Waals surface area contributed by atoms with Crippen molar-refractivity contribution in [3.8, 4) is 0 Å². The first-order valence-electron chi connectivity index (χ1n) is 6.27. The Bertz CT molecular complexity index is 326. The van der Waals surface area contributed by atoms with Gasteiger partial charge >= 0.3 is 5.97 Å². The normalized spacial score (nSPS) is 9.41. The Balaban J connectivity index is 0.000000437. The fourth-order valence-electron chi connectivity index (χ4n) is 1.65. The van der Waals surface area contributed by atoms with Gasteiger partial charge in [0.05, 0.1) is 0 Å². The molecule has 0 atom stereocenters. The van der Waals surface area contributed by atoms with E-state index >= 15 is 0 Å². The van der Waals surface area contributed by atoms with E-state index in [1.165, 1.54) is 16.8 Å². The van der Waals surface area contributed by atoms with Crippen molar-refractivity contribution in [3.63, 3.8) is 0 Å². The lowest BCUT2D eigenvalue weighted by Crippen LogP contribution is -1.99. The van der Waals surface area contributed by atoms with Gasteiger partial charge in [0.1, 0.15) is 0 Å². The van der Waals surface area contributed by atoms with Crippen LogP contribution in [0.5, 0.6) is 0 Å². The van der Waals surface area contributed by atoms with Crippen LogP contribution in [0.3, 0.4) is 0 Å². The molecule has 1 aromatic heterocycles. The van der Waals surface area contributed by atoms with Gasteiger partial charge in [0, 0.05) is 18.3 Å². The molecule has 17 heavy (non-hydrogen) atoms. The minimum atomic E-state index is -0.745. The maximum Gasteiger partial charge on any atom is 0.303 e. The SMILES string of the molecule is CCC(=O)O.CCc1ccnc(CC)c1CC. The monoisotopic (exact) mass is 237 g/mol. The molecule has 3 nitrogen and oxygen atoms in total. The zero-order chi connectivity index (χ0) is 13.3. The van der Waals surface area contributed by atoms with Crippen molar-refractivity contribution >= 4 is 5.97 Å². The van der Waals surface area contributed by atoms with Gasteiger partial charge in [-0.05, 0) is 36.5 Å². The summed E-state index contributed by atoms with van der Waals surface area (Å²) in [5.74, 6) is -0.745. The number of carboxylic acids is 1. The molecule has 0 unspecified atom stereocenters. The van der Waals surface area contributed by atoms with Crippen LogP contribution in [0.25, 0.3) is 0 Å². The van der Waals surface area contributed by atoms with E-state index in [9.17, 15) is 4.79 Å². The Morgan fingerprint density at radius 3 is 2.12 bits per heavy atom. The van der Waals surface area contributed by atoms with E-state index in [0.29, 0.717) is 0 Å². The fourth-order valence-corrected chi connectivity index (χ4v) is 1.65. The number of aromatic nitrogens is 1. The topological polar surface area (TPSA) is 50.2 Å². The summed E-state index contributed by atoms with van der Waals surface area (Å²) in [6.45, 7) is 8.17. The number of carbonyl (C=O) groups is 1. The van der Waals surface area contributed by atoms with Gasteiger partial charge in [-0.15, -0.1) is 0 Å². The van der Waals surface area contributed by atoms with Gasteiger partial charge in [0.25, 0.3) is 0 Å². The van der Waals surface area contributed by atoms with Crippen LogP contribution < -0.4 is 0 Å². The van der Waals surface area contributed by atoms with Crippen molar-refractivity contribution in [2.75, 3.05) is 0 Å². The van der Waals surface area contributed by atoms with E-state index in [-0.39, 0.29) is 6.42 Å². The van der Waals surface area contributed by atoms with Crippen LogP contribution in [-0.4, -0.2) is 16.1 Å². The maximum absolute atomic E-state index is 9.37. The van der Waals surface area contributed by atoms with Gasteiger partial charge in [-0.3, -0.25) is 9.78 Å². The van der Waals surface area contributed by atoms with Crippen molar-refractivity contribution in [1.29, 1.82) is 0 Å². The molecule has 96 valence electrons. The van der Waals surface area contributed by atoms with E-state index in [2.05, 4.69) is 31.8 Å². The van der Waals surface area contributed by atoms with Crippen LogP contribution in [0.15, 0.2) is 12.3 Å². The summed E-state index contributed by atoms with van der Waals surface area (Å²) in [6.07, 6.45) is 5.44. The Morgan fingerprint density at radius 2 is 1.76 bits per heavy atom. The average molecular weight is 237 g/mol. The lowest BCUT2D eigenvalue weighted by atomic mass is 10.0. The Hall–Kier alpha value is -1.38. The molecule has 0 aliphatic carbocycles. The average Bonchev–Trinajstić information content (AvgIpc) is 2.37. The molecule has 0 aliphatic rings. The predicted molar refractivity (Wildman–Crippen MR) is 70.3 cm³/mol. The van der Waals surface area contributed by atoms with E-state index in [4.69, 9.17) is 5.11 Å². The molecule has 3 heteroatoms. The molecule has 0 aromatic carbocycles. The van der Waals surface area contributed by atoms with Crippen molar-refractivity contribution in [2.24, 2.45) is 0 Å². The highest BCUT2D eigenvalue weighted by Gasteiger charge is 2.03. The standard InChI is InChI=1S/C11H17N.C3H6O2/c1-4-9-7-8-12-11(6-3)10(9)5-2;1-2-3(4)5/h7-8H,4-6H2,1-3H3;2H2,1H3,(H,4,5). The van der Waals surface area contributed by atoms with Crippen LogP contribution in [-0.2, 0) is 24.1 Å². The van der Waals surface area contributed by atoms with E-state index in [1.807, 2.05) is 6.20 Å². The quantitative estimate of drug-likeness (QED) is 0.874. The highest BCUT2D eigenvalue weighted by Crippen LogP contribution is 2.14. The highest BCUT2D eigenvalue weighted by atomic mass is 16.4. The minimum absolute atomic E-state index is 0.222. The van der Waals surface area contributed by atoms with Crippen LogP contribution in [0.4, 0.5) is 0 Å². The van der Waals surface area contributed by atoms with Gasteiger partial charge in [-0.2, -0.15) is 0 Å². The lowest BCUT2D eigenvalue weighted by molar-refractivity contribution is -0.136. The summed E-state index contributed by atoms with van der Waals surface area (Å²) in [6, 6.07) is 2.14. The Labute approximate surface area is 104 Å². The first kappa shape index (κ1) is 15.6. The summed E-state index contributed by atoms with van der Waals surface area (Å²) in [5.41, 5.74) is 4.20. The summed E-state index contributed by atoms with van der Waals surface area (Å²) in [7, 11) is 0. The van der Waals surface area contributed by atoms with Gasteiger partial charge in [-0.1, -0.05) is 27.7 Å². The van der Waals surface area contributed by atoms with Crippen LogP contribution in [0.1, 0.15) is 50.9 Å². The molecule has 0 fully saturated rings. The van der Waals surface area contributed by atoms with Crippen LogP contribution >= 0.6 is 0 Å². The van der Waals surface area contributed by atoms with Crippen LogP contribution in [0.2, 0.25) is 0 Å². The number of hydrogen-bond donors (Lipinski definition) is 1. The molecule has 0 saturated heterocycles. The van der Waals surface area contributed by atoms with Gasteiger partial charge in [0.2, 0.25) is 0 Å². The van der Waals surface area contributed by atoms with Crippen molar-refractivity contribution in [2.45, 2.75) is 53.4 Å². The molecule has 1 aromatic rings. The number of rotatable bonds is 4. The van der Waals surface area contributed by atoms with E-state index in [1.54, 1.807) is 6.92 Å². The summed E-state index contributed by atoms with van der Waals surface area (Å²) in [4.78, 5) is 13.7. The number of hydrogen-bond acceptors (Lipinski definition) is 2. The smallest absolute Gasteiger partial charge is 0.303 e. The number of carboxylic acid groups (broad SMARTS) is 1. The number of pyridine rings is 1. The molecular formula is C14H23NO2. The minimum Gasteiger partial charge on any atom is -0.481 e. The van der Waals surface area contributed by atoms with Crippen LogP contribution in [0, 0.1) is 0 Å². The molecule has 1 rings (SSSR count). The summed E-state index contributed by atoms with van der Waals surface area (Å²) < 4.78 is 0. The van der Waals surface area contributed by atoms with Crippen molar-refractivity contribution < 1.29 is 9.90 Å². The molecule has 0 radical (unpaired) electrons. The Morgan fingerprint density at radius 1 is 1.18 bits per heavy atom. The molecule has 0 aliphatic heterocycles. The summed E-state index contributed by atoms with van der Waals surface area (Å²) >= 11 is 0. The van der Waals surface area contributed by atoms with Gasteiger partial charge < -0.3 is 5.11 Å². The molecule has 0 spiro atoms. The first-order valence-corrected chi connectivity index (χ1v) is 6.27. The largest absolute Gasteiger partial charge is 0.481 e. The zero-order valence-electron chi connectivity index (χ0n) is 11.3. The second kappa shape index (κ2) is 8.74. The Kier molecular flexibility index (Phi) is 8.03. The second-order valence-corrected chi connectivity index (χ2v) is 3.70. The summed E-state index contributed by atoms with van der Waals surface area (Å²) in [5, 5.41) is 7.72. The molecule has 1 N–H and O–H groups in total. The van der Waals surface area contributed by atoms with Crippen molar-refractivity contribution in [1.82, 2.24) is 4.98 Å². The number of aryl methyl sites for hydroxylation is 2. The zero-order valence-corrected chi connectivity index (χ0v) is 11.3. The predicted octanol–water partition coefficient (Wildman–Crippen LogP) is 3.25. The molecule has 1 heterocycles. The third-order valence-electron chi connectivity index (χ3n) is 2.61. The molecule has 0 bridgehead atoms. The number of aliphatic carboxylic acids is 1. The van der Waals surface area contributed by atoms with Gasteiger partial charge in [-0.25, -0.2) is 0 Å². The maximum atomic E-state index is 9.37. The lowest BCUT2D eigenvalue weighted by Gasteiger charge is -2.08. The first-order chi connectivity index (χ1) is 8.10. The third-order valence-corrected chi connectivity index (χ3v) is 2.61. The molecule has 0 amide bonds. The van der Waals surface area contributed by atoms with E-state index in [0.717, 1.165) is 19.3 Å². The fraction of sp³-hybridized carbons (Fsp3) is 0.571. The highest BCUT2D eigenvalue weighted by molar-refractivity contribution is 5.66. The third kappa shape index (κ3) is 5.48.